The maximum absolute atomic E-state index is 13.4. The SMILES string of the molecule is Nc1cc(F)cc(NC(=O)c2c(O)cccc2F)c1. The third kappa shape index (κ3) is 2.79. The lowest BCUT2D eigenvalue weighted by molar-refractivity contribution is 0.102. The normalized spacial score (nSPS) is 10.2. The summed E-state index contributed by atoms with van der Waals surface area (Å²) in [7, 11) is 0. The van der Waals surface area contributed by atoms with Crippen molar-refractivity contribution in [1.29, 1.82) is 0 Å². The van der Waals surface area contributed by atoms with Gasteiger partial charge in [-0.15, -0.1) is 0 Å². The van der Waals surface area contributed by atoms with Crippen molar-refractivity contribution in [3.05, 3.63) is 53.6 Å². The van der Waals surface area contributed by atoms with Gasteiger partial charge >= 0.3 is 0 Å². The first-order chi connectivity index (χ1) is 8.97. The molecular formula is C13H10F2N2O2. The number of hydrogen-bond acceptors (Lipinski definition) is 3. The summed E-state index contributed by atoms with van der Waals surface area (Å²) in [6.07, 6.45) is 0. The van der Waals surface area contributed by atoms with Crippen molar-refractivity contribution < 1.29 is 18.7 Å². The Morgan fingerprint density at radius 2 is 1.95 bits per heavy atom. The topological polar surface area (TPSA) is 75.3 Å². The predicted octanol–water partition coefficient (Wildman–Crippen LogP) is 2.50. The van der Waals surface area contributed by atoms with Crippen LogP contribution in [0.2, 0.25) is 0 Å². The Morgan fingerprint density at radius 1 is 1.21 bits per heavy atom. The summed E-state index contributed by atoms with van der Waals surface area (Å²) in [5.41, 5.74) is 5.10. The molecule has 0 aromatic heterocycles. The number of phenolic OH excluding ortho intramolecular Hbond substituents is 1. The molecule has 0 atom stereocenters. The Bertz CT molecular complexity index is 604. The molecule has 0 aliphatic rings. The third-order valence-electron chi connectivity index (χ3n) is 2.40. The van der Waals surface area contributed by atoms with Crippen molar-refractivity contribution in [2.45, 2.75) is 0 Å². The molecule has 0 bridgehead atoms. The number of aromatic hydroxyl groups is 1. The zero-order valence-corrected chi connectivity index (χ0v) is 9.65. The summed E-state index contributed by atoms with van der Waals surface area (Å²) in [6, 6.07) is 6.91. The fourth-order valence-corrected chi connectivity index (χ4v) is 1.62. The first kappa shape index (κ1) is 12.8. The van der Waals surface area contributed by atoms with Crippen LogP contribution in [0.15, 0.2) is 36.4 Å². The number of nitrogens with two attached hydrogens (primary N) is 1. The van der Waals surface area contributed by atoms with E-state index >= 15 is 0 Å². The molecule has 0 saturated heterocycles. The molecule has 4 N–H and O–H groups in total. The van der Waals surface area contributed by atoms with Gasteiger partial charge in [0.2, 0.25) is 0 Å². The molecule has 2 rings (SSSR count). The van der Waals surface area contributed by atoms with Crippen LogP contribution in [0.5, 0.6) is 5.75 Å². The number of anilines is 2. The van der Waals surface area contributed by atoms with Crippen molar-refractivity contribution in [1.82, 2.24) is 0 Å². The molecule has 0 spiro atoms. The second-order valence-electron chi connectivity index (χ2n) is 3.86. The molecule has 4 nitrogen and oxygen atoms in total. The van der Waals surface area contributed by atoms with Gasteiger partial charge in [0.1, 0.15) is 22.9 Å². The monoisotopic (exact) mass is 264 g/mol. The van der Waals surface area contributed by atoms with Crippen LogP contribution in [0.1, 0.15) is 10.4 Å². The number of hydrogen-bond donors (Lipinski definition) is 3. The molecule has 0 aliphatic heterocycles. The van der Waals surface area contributed by atoms with Gasteiger partial charge in [-0.25, -0.2) is 8.78 Å². The molecule has 0 fully saturated rings. The van der Waals surface area contributed by atoms with Gasteiger partial charge in [-0.3, -0.25) is 4.79 Å². The molecule has 0 radical (unpaired) electrons. The minimum atomic E-state index is -0.888. The minimum Gasteiger partial charge on any atom is -0.507 e. The highest BCUT2D eigenvalue weighted by molar-refractivity contribution is 6.06. The van der Waals surface area contributed by atoms with Gasteiger partial charge < -0.3 is 16.2 Å². The number of amides is 1. The van der Waals surface area contributed by atoms with Crippen LogP contribution in [0, 0.1) is 11.6 Å². The van der Waals surface area contributed by atoms with E-state index in [1.54, 1.807) is 0 Å². The molecule has 19 heavy (non-hydrogen) atoms. The molecular weight excluding hydrogens is 254 g/mol. The number of rotatable bonds is 2. The zero-order valence-electron chi connectivity index (χ0n) is 9.65. The Morgan fingerprint density at radius 3 is 2.58 bits per heavy atom. The highest BCUT2D eigenvalue weighted by atomic mass is 19.1. The number of nitrogen functional groups attached to an aromatic ring is 1. The van der Waals surface area contributed by atoms with Crippen molar-refractivity contribution >= 4 is 17.3 Å². The molecule has 6 heteroatoms. The van der Waals surface area contributed by atoms with E-state index in [2.05, 4.69) is 5.32 Å². The van der Waals surface area contributed by atoms with E-state index in [4.69, 9.17) is 5.73 Å². The molecule has 0 aliphatic carbocycles. The lowest BCUT2D eigenvalue weighted by Gasteiger charge is -2.08. The van der Waals surface area contributed by atoms with Crippen molar-refractivity contribution in [3.63, 3.8) is 0 Å². The van der Waals surface area contributed by atoms with Crippen LogP contribution in [0.3, 0.4) is 0 Å². The lowest BCUT2D eigenvalue weighted by Crippen LogP contribution is -2.14. The van der Waals surface area contributed by atoms with Gasteiger partial charge in [-0.05, 0) is 30.3 Å². The van der Waals surface area contributed by atoms with Gasteiger partial charge in [0.15, 0.2) is 0 Å². The molecule has 98 valence electrons. The van der Waals surface area contributed by atoms with Crippen LogP contribution < -0.4 is 11.1 Å². The minimum absolute atomic E-state index is 0.0742. The summed E-state index contributed by atoms with van der Waals surface area (Å²) in [6.45, 7) is 0. The maximum Gasteiger partial charge on any atom is 0.262 e. The van der Waals surface area contributed by atoms with Crippen molar-refractivity contribution in [2.24, 2.45) is 0 Å². The van der Waals surface area contributed by atoms with E-state index in [1.807, 2.05) is 0 Å². The number of benzene rings is 2. The van der Waals surface area contributed by atoms with Crippen LogP contribution >= 0.6 is 0 Å². The number of carbonyl (C=O) groups excluding carboxylic acids is 1. The number of phenols is 1. The maximum atomic E-state index is 13.4. The van der Waals surface area contributed by atoms with Crippen LogP contribution in [-0.2, 0) is 0 Å². The third-order valence-corrected chi connectivity index (χ3v) is 2.40. The molecule has 1 amide bonds. The van der Waals surface area contributed by atoms with E-state index in [1.165, 1.54) is 18.2 Å². The first-order valence-electron chi connectivity index (χ1n) is 5.32. The predicted molar refractivity (Wildman–Crippen MR) is 66.8 cm³/mol. The highest BCUT2D eigenvalue weighted by Crippen LogP contribution is 2.22. The standard InChI is InChI=1S/C13H10F2N2O2/c14-7-4-8(16)6-9(5-7)17-13(19)12-10(15)2-1-3-11(12)18/h1-6,18H,16H2,(H,17,19). The Labute approximate surface area is 107 Å². The van der Waals surface area contributed by atoms with Gasteiger partial charge in [-0.2, -0.15) is 0 Å². The van der Waals surface area contributed by atoms with E-state index in [-0.39, 0.29) is 11.4 Å². The molecule has 2 aromatic carbocycles. The van der Waals surface area contributed by atoms with Gasteiger partial charge in [0.25, 0.3) is 5.91 Å². The number of carbonyl (C=O) groups is 1. The smallest absolute Gasteiger partial charge is 0.262 e. The molecule has 0 saturated carbocycles. The average Bonchev–Trinajstić information content (AvgIpc) is 2.26. The highest BCUT2D eigenvalue weighted by Gasteiger charge is 2.16. The molecule has 0 unspecified atom stereocenters. The van der Waals surface area contributed by atoms with Crippen LogP contribution in [0.4, 0.5) is 20.2 Å². The molecule has 2 aromatic rings. The number of halogens is 2. The summed E-state index contributed by atoms with van der Waals surface area (Å²) in [5, 5.41) is 11.7. The van der Waals surface area contributed by atoms with Gasteiger partial charge in [-0.1, -0.05) is 6.07 Å². The van der Waals surface area contributed by atoms with E-state index in [9.17, 15) is 18.7 Å². The lowest BCUT2D eigenvalue weighted by atomic mass is 10.1. The molecule has 0 heterocycles. The summed E-state index contributed by atoms with van der Waals surface area (Å²) in [4.78, 5) is 11.8. The Kier molecular flexibility index (Phi) is 3.33. The summed E-state index contributed by atoms with van der Waals surface area (Å²) in [5.74, 6) is -2.89. The number of nitrogens with one attached hydrogen (secondary N) is 1. The Balaban J connectivity index is 2.31. The average molecular weight is 264 g/mol. The van der Waals surface area contributed by atoms with Crippen LogP contribution in [-0.4, -0.2) is 11.0 Å². The largest absolute Gasteiger partial charge is 0.507 e. The van der Waals surface area contributed by atoms with Gasteiger partial charge in [0.05, 0.1) is 0 Å². The first-order valence-corrected chi connectivity index (χ1v) is 5.32. The summed E-state index contributed by atoms with van der Waals surface area (Å²) < 4.78 is 26.5. The van der Waals surface area contributed by atoms with Crippen LogP contribution in [0.25, 0.3) is 0 Å². The van der Waals surface area contributed by atoms with E-state index in [0.717, 1.165) is 18.2 Å². The second-order valence-corrected chi connectivity index (χ2v) is 3.86. The quantitative estimate of drug-likeness (QED) is 0.729. The summed E-state index contributed by atoms with van der Waals surface area (Å²) >= 11 is 0. The Hall–Kier alpha value is -2.63. The second kappa shape index (κ2) is 4.93. The fourth-order valence-electron chi connectivity index (χ4n) is 1.62. The van der Waals surface area contributed by atoms with Gasteiger partial charge in [0, 0.05) is 11.4 Å². The fraction of sp³-hybridized carbons (Fsp3) is 0. The van der Waals surface area contributed by atoms with Crippen molar-refractivity contribution in [3.8, 4) is 5.75 Å². The van der Waals surface area contributed by atoms with E-state index < -0.39 is 28.9 Å². The van der Waals surface area contributed by atoms with E-state index in [0.29, 0.717) is 0 Å². The van der Waals surface area contributed by atoms with Crippen molar-refractivity contribution in [2.75, 3.05) is 11.1 Å². The zero-order chi connectivity index (χ0) is 14.0.